The fourth-order valence-electron chi connectivity index (χ4n) is 1.82. The maximum absolute atomic E-state index is 8.64. The molecule has 0 atom stereocenters. The van der Waals surface area contributed by atoms with Crippen molar-refractivity contribution in [2.24, 2.45) is 5.16 Å². The Morgan fingerprint density at radius 1 is 1.44 bits per heavy atom. The van der Waals surface area contributed by atoms with E-state index in [0.29, 0.717) is 6.04 Å². The van der Waals surface area contributed by atoms with Gasteiger partial charge in [0.25, 0.3) is 0 Å². The molecule has 0 aromatic carbocycles. The zero-order valence-electron chi connectivity index (χ0n) is 9.55. The van der Waals surface area contributed by atoms with Gasteiger partial charge in [-0.1, -0.05) is 5.16 Å². The van der Waals surface area contributed by atoms with E-state index >= 15 is 0 Å². The van der Waals surface area contributed by atoms with Crippen molar-refractivity contribution in [1.82, 2.24) is 14.5 Å². The molecule has 2 rings (SSSR count). The molecule has 16 heavy (non-hydrogen) atoms. The maximum atomic E-state index is 8.64. The average molecular weight is 218 g/mol. The van der Waals surface area contributed by atoms with Crippen LogP contribution in [0.25, 0.3) is 11.0 Å². The highest BCUT2D eigenvalue weighted by atomic mass is 16.4. The minimum Gasteiger partial charge on any atom is -0.411 e. The van der Waals surface area contributed by atoms with E-state index in [-0.39, 0.29) is 0 Å². The van der Waals surface area contributed by atoms with Crippen LogP contribution < -0.4 is 0 Å². The van der Waals surface area contributed by atoms with Gasteiger partial charge in [-0.3, -0.25) is 0 Å². The summed E-state index contributed by atoms with van der Waals surface area (Å²) in [7, 11) is 0. The van der Waals surface area contributed by atoms with E-state index < -0.39 is 0 Å². The van der Waals surface area contributed by atoms with Gasteiger partial charge in [0, 0.05) is 23.2 Å². The van der Waals surface area contributed by atoms with Crippen LogP contribution in [0.5, 0.6) is 0 Å². The van der Waals surface area contributed by atoms with Crippen LogP contribution in [0.15, 0.2) is 17.7 Å². The van der Waals surface area contributed by atoms with Crippen LogP contribution in [-0.4, -0.2) is 26.0 Å². The zero-order chi connectivity index (χ0) is 11.7. The van der Waals surface area contributed by atoms with E-state index in [2.05, 4.69) is 29.0 Å². The number of nitrogens with zero attached hydrogens (tertiary/aromatic N) is 4. The Balaban J connectivity index is 2.81. The van der Waals surface area contributed by atoms with E-state index in [1.165, 1.54) is 6.21 Å². The molecular weight excluding hydrogens is 204 g/mol. The number of hydrogen-bond acceptors (Lipinski definition) is 4. The molecular formula is C11H14N4O. The topological polar surface area (TPSA) is 63.3 Å². The second kappa shape index (κ2) is 3.92. The molecule has 0 aliphatic heterocycles. The van der Waals surface area contributed by atoms with Crippen LogP contribution in [0.2, 0.25) is 0 Å². The number of aryl methyl sites for hydroxylation is 1. The van der Waals surface area contributed by atoms with Crippen LogP contribution in [-0.2, 0) is 0 Å². The first-order valence-corrected chi connectivity index (χ1v) is 5.14. The highest BCUT2D eigenvalue weighted by Crippen LogP contribution is 2.23. The predicted molar refractivity (Wildman–Crippen MR) is 62.0 cm³/mol. The van der Waals surface area contributed by atoms with Crippen molar-refractivity contribution < 1.29 is 5.21 Å². The summed E-state index contributed by atoms with van der Waals surface area (Å²) in [6.45, 7) is 6.08. The Morgan fingerprint density at radius 2 is 2.19 bits per heavy atom. The van der Waals surface area contributed by atoms with Gasteiger partial charge in [0.1, 0.15) is 12.0 Å². The van der Waals surface area contributed by atoms with Crippen LogP contribution in [0.4, 0.5) is 0 Å². The number of oxime groups is 1. The van der Waals surface area contributed by atoms with Crippen molar-refractivity contribution in [1.29, 1.82) is 0 Å². The van der Waals surface area contributed by atoms with Crippen LogP contribution in [0.3, 0.4) is 0 Å². The molecule has 1 N–H and O–H groups in total. The van der Waals surface area contributed by atoms with Gasteiger partial charge in [-0.2, -0.15) is 0 Å². The van der Waals surface area contributed by atoms with E-state index in [0.717, 1.165) is 22.3 Å². The molecule has 0 amide bonds. The lowest BCUT2D eigenvalue weighted by Crippen LogP contribution is -2.00. The molecule has 0 saturated heterocycles. The Bertz CT molecular complexity index is 542. The van der Waals surface area contributed by atoms with E-state index in [4.69, 9.17) is 5.21 Å². The molecule has 0 unspecified atom stereocenters. The van der Waals surface area contributed by atoms with Gasteiger partial charge in [-0.05, 0) is 20.8 Å². The number of aromatic nitrogens is 3. The Labute approximate surface area is 93.4 Å². The lowest BCUT2D eigenvalue weighted by molar-refractivity contribution is 0.322. The quantitative estimate of drug-likeness (QED) is 0.477. The molecule has 0 aliphatic rings. The van der Waals surface area contributed by atoms with Gasteiger partial charge >= 0.3 is 0 Å². The number of rotatable bonds is 2. The first-order chi connectivity index (χ1) is 7.65. The second-order valence-electron chi connectivity index (χ2n) is 3.99. The standard InChI is InChI=1S/C11H14N4O/c1-7(2)15-5-9(4-14-16)10-8(3)12-6-13-11(10)15/h4-7,16H,1-3H3/b14-4+. The smallest absolute Gasteiger partial charge is 0.144 e. The third-order valence-electron chi connectivity index (χ3n) is 2.58. The first kappa shape index (κ1) is 10.6. The van der Waals surface area contributed by atoms with E-state index in [9.17, 15) is 0 Å². The van der Waals surface area contributed by atoms with Crippen molar-refractivity contribution in [3.05, 3.63) is 23.8 Å². The summed E-state index contributed by atoms with van der Waals surface area (Å²) in [6, 6.07) is 0.303. The molecule has 2 heterocycles. The van der Waals surface area contributed by atoms with Gasteiger partial charge in [0.05, 0.1) is 11.9 Å². The molecule has 5 heteroatoms. The van der Waals surface area contributed by atoms with E-state index in [1.807, 2.05) is 17.7 Å². The van der Waals surface area contributed by atoms with E-state index in [1.54, 1.807) is 6.33 Å². The molecule has 0 radical (unpaired) electrons. The maximum Gasteiger partial charge on any atom is 0.144 e. The Kier molecular flexibility index (Phi) is 2.60. The molecule has 0 spiro atoms. The summed E-state index contributed by atoms with van der Waals surface area (Å²) in [5.41, 5.74) is 2.60. The third kappa shape index (κ3) is 1.54. The molecule has 2 aromatic heterocycles. The fraction of sp³-hybridized carbons (Fsp3) is 0.364. The lowest BCUT2D eigenvalue weighted by Gasteiger charge is -2.07. The molecule has 0 fully saturated rings. The van der Waals surface area contributed by atoms with Crippen LogP contribution in [0, 0.1) is 6.92 Å². The summed E-state index contributed by atoms with van der Waals surface area (Å²) in [6.07, 6.45) is 4.89. The molecule has 0 saturated carbocycles. The second-order valence-corrected chi connectivity index (χ2v) is 3.99. The largest absolute Gasteiger partial charge is 0.411 e. The zero-order valence-corrected chi connectivity index (χ0v) is 9.55. The summed E-state index contributed by atoms with van der Waals surface area (Å²) in [5, 5.41) is 12.7. The summed E-state index contributed by atoms with van der Waals surface area (Å²) in [5.74, 6) is 0. The van der Waals surface area contributed by atoms with Gasteiger partial charge in [-0.25, -0.2) is 9.97 Å². The van der Waals surface area contributed by atoms with Gasteiger partial charge in [0.2, 0.25) is 0 Å². The summed E-state index contributed by atoms with van der Waals surface area (Å²) >= 11 is 0. The Morgan fingerprint density at radius 3 is 2.81 bits per heavy atom. The van der Waals surface area contributed by atoms with Gasteiger partial charge in [0.15, 0.2) is 0 Å². The average Bonchev–Trinajstić information content (AvgIpc) is 2.59. The number of hydrogen-bond donors (Lipinski definition) is 1. The normalized spacial score (nSPS) is 12.0. The molecule has 5 nitrogen and oxygen atoms in total. The summed E-state index contributed by atoms with van der Waals surface area (Å²) in [4.78, 5) is 8.43. The predicted octanol–water partition coefficient (Wildman–Crippen LogP) is 2.13. The van der Waals surface area contributed by atoms with Crippen molar-refractivity contribution >= 4 is 17.2 Å². The van der Waals surface area contributed by atoms with Crippen molar-refractivity contribution in [3.8, 4) is 0 Å². The monoisotopic (exact) mass is 218 g/mol. The SMILES string of the molecule is Cc1ncnc2c1c(/C=N/O)cn2C(C)C. The minimum atomic E-state index is 0.303. The van der Waals surface area contributed by atoms with Crippen molar-refractivity contribution in [3.63, 3.8) is 0 Å². The van der Waals surface area contributed by atoms with Gasteiger partial charge < -0.3 is 9.77 Å². The molecule has 84 valence electrons. The third-order valence-corrected chi connectivity index (χ3v) is 2.58. The van der Waals surface area contributed by atoms with Gasteiger partial charge in [-0.15, -0.1) is 0 Å². The molecule has 0 bridgehead atoms. The molecule has 2 aromatic rings. The van der Waals surface area contributed by atoms with Crippen LogP contribution in [0.1, 0.15) is 31.1 Å². The highest BCUT2D eigenvalue weighted by molar-refractivity contribution is 5.99. The van der Waals surface area contributed by atoms with Crippen LogP contribution >= 0.6 is 0 Å². The van der Waals surface area contributed by atoms with Crippen molar-refractivity contribution in [2.45, 2.75) is 26.8 Å². The van der Waals surface area contributed by atoms with Crippen molar-refractivity contribution in [2.75, 3.05) is 0 Å². The Hall–Kier alpha value is -1.91. The summed E-state index contributed by atoms with van der Waals surface area (Å²) < 4.78 is 2.04. The number of fused-ring (bicyclic) bond motifs is 1. The lowest BCUT2D eigenvalue weighted by atomic mass is 10.2. The molecule has 0 aliphatic carbocycles. The highest BCUT2D eigenvalue weighted by Gasteiger charge is 2.12. The minimum absolute atomic E-state index is 0.303. The fourth-order valence-corrected chi connectivity index (χ4v) is 1.82. The first-order valence-electron chi connectivity index (χ1n) is 5.14.